The standard InChI is InChI=1S/C16H22F2N2O3.ClH/c1-22-9-6-19-11-16(21)20-7-4-13(5-8-20)23-15-3-2-12(17)10-14(15)18;/h2-3,10,13,19H,4-9,11H2,1H3;1H. The molecule has 1 aromatic carbocycles. The number of benzene rings is 1. The van der Waals surface area contributed by atoms with E-state index in [4.69, 9.17) is 9.47 Å². The van der Waals surface area contributed by atoms with E-state index in [1.807, 2.05) is 0 Å². The van der Waals surface area contributed by atoms with E-state index in [-0.39, 0.29) is 36.7 Å². The quantitative estimate of drug-likeness (QED) is 0.752. The van der Waals surface area contributed by atoms with Crippen LogP contribution in [0.2, 0.25) is 0 Å². The van der Waals surface area contributed by atoms with Crippen molar-refractivity contribution < 1.29 is 23.0 Å². The number of methoxy groups -OCH3 is 1. The average Bonchev–Trinajstić information content (AvgIpc) is 2.55. The molecule has 136 valence electrons. The molecule has 0 bridgehead atoms. The Bertz CT molecular complexity index is 526. The summed E-state index contributed by atoms with van der Waals surface area (Å²) in [6.07, 6.45) is 1.09. The third kappa shape index (κ3) is 6.22. The van der Waals surface area contributed by atoms with Crippen molar-refractivity contribution in [3.05, 3.63) is 29.8 Å². The zero-order chi connectivity index (χ0) is 16.7. The number of piperidine rings is 1. The summed E-state index contributed by atoms with van der Waals surface area (Å²) in [6.45, 7) is 2.61. The van der Waals surface area contributed by atoms with E-state index in [2.05, 4.69) is 5.32 Å². The molecule has 1 aliphatic heterocycles. The number of likely N-dealkylation sites (tertiary alicyclic amines) is 1. The molecule has 5 nitrogen and oxygen atoms in total. The summed E-state index contributed by atoms with van der Waals surface area (Å²) in [4.78, 5) is 13.8. The maximum absolute atomic E-state index is 13.6. The molecule has 1 aromatic rings. The molecule has 0 spiro atoms. The first-order valence-electron chi connectivity index (χ1n) is 7.69. The maximum Gasteiger partial charge on any atom is 0.236 e. The molecule has 1 fully saturated rings. The molecule has 0 unspecified atom stereocenters. The van der Waals surface area contributed by atoms with Crippen molar-refractivity contribution in [2.75, 3.05) is 39.9 Å². The molecule has 8 heteroatoms. The van der Waals surface area contributed by atoms with Gasteiger partial charge in [-0.05, 0) is 12.1 Å². The largest absolute Gasteiger partial charge is 0.487 e. The van der Waals surface area contributed by atoms with Crippen LogP contribution in [-0.2, 0) is 9.53 Å². The topological polar surface area (TPSA) is 50.8 Å². The van der Waals surface area contributed by atoms with E-state index >= 15 is 0 Å². The van der Waals surface area contributed by atoms with Crippen LogP contribution in [0.4, 0.5) is 8.78 Å². The number of nitrogens with zero attached hydrogens (tertiary/aromatic N) is 1. The van der Waals surface area contributed by atoms with Crippen molar-refractivity contribution in [2.45, 2.75) is 18.9 Å². The Balaban J connectivity index is 0.00000288. The van der Waals surface area contributed by atoms with Gasteiger partial charge in [-0.1, -0.05) is 0 Å². The van der Waals surface area contributed by atoms with Crippen LogP contribution in [0.1, 0.15) is 12.8 Å². The Kier molecular flexibility index (Phi) is 8.95. The van der Waals surface area contributed by atoms with E-state index in [9.17, 15) is 13.6 Å². The molecular formula is C16H23ClF2N2O3. The number of ether oxygens (including phenoxy) is 2. The monoisotopic (exact) mass is 364 g/mol. The van der Waals surface area contributed by atoms with Gasteiger partial charge in [-0.3, -0.25) is 4.79 Å². The molecule has 0 saturated carbocycles. The number of halogens is 3. The summed E-state index contributed by atoms with van der Waals surface area (Å²) in [5.74, 6) is -1.24. The summed E-state index contributed by atoms with van der Waals surface area (Å²) in [5.41, 5.74) is 0. The molecule has 1 saturated heterocycles. The average molecular weight is 365 g/mol. The Morgan fingerprint density at radius 1 is 1.33 bits per heavy atom. The molecule has 1 heterocycles. The second kappa shape index (κ2) is 10.4. The van der Waals surface area contributed by atoms with Gasteiger partial charge in [-0.2, -0.15) is 0 Å². The van der Waals surface area contributed by atoms with Crippen LogP contribution in [0.3, 0.4) is 0 Å². The Morgan fingerprint density at radius 2 is 2.04 bits per heavy atom. The number of carbonyl (C=O) groups is 1. The number of carbonyl (C=O) groups excluding carboxylic acids is 1. The van der Waals surface area contributed by atoms with Crippen molar-refractivity contribution in [3.8, 4) is 5.75 Å². The molecule has 1 aliphatic rings. The molecule has 1 N–H and O–H groups in total. The Hall–Kier alpha value is -1.44. The van der Waals surface area contributed by atoms with Gasteiger partial charge in [0.25, 0.3) is 0 Å². The number of amides is 1. The highest BCUT2D eigenvalue weighted by molar-refractivity contribution is 5.85. The molecule has 2 rings (SSSR count). The van der Waals surface area contributed by atoms with Gasteiger partial charge in [0.1, 0.15) is 11.9 Å². The second-order valence-electron chi connectivity index (χ2n) is 5.44. The fourth-order valence-corrected chi connectivity index (χ4v) is 2.45. The van der Waals surface area contributed by atoms with Crippen LogP contribution < -0.4 is 10.1 Å². The first-order valence-corrected chi connectivity index (χ1v) is 7.69. The fraction of sp³-hybridized carbons (Fsp3) is 0.562. The molecule has 0 aromatic heterocycles. The van der Waals surface area contributed by atoms with Crippen LogP contribution in [-0.4, -0.2) is 56.8 Å². The fourth-order valence-electron chi connectivity index (χ4n) is 2.45. The van der Waals surface area contributed by atoms with E-state index in [0.29, 0.717) is 39.1 Å². The lowest BCUT2D eigenvalue weighted by molar-refractivity contribution is -0.132. The van der Waals surface area contributed by atoms with Crippen LogP contribution in [0.15, 0.2) is 18.2 Å². The molecular weight excluding hydrogens is 342 g/mol. The number of nitrogens with one attached hydrogen (secondary N) is 1. The summed E-state index contributed by atoms with van der Waals surface area (Å²) >= 11 is 0. The van der Waals surface area contributed by atoms with Crippen LogP contribution in [0, 0.1) is 11.6 Å². The molecule has 0 atom stereocenters. The minimum absolute atomic E-state index is 0. The summed E-state index contributed by atoms with van der Waals surface area (Å²) in [5, 5.41) is 3.01. The van der Waals surface area contributed by atoms with Gasteiger partial charge < -0.3 is 19.7 Å². The number of rotatable bonds is 7. The van der Waals surface area contributed by atoms with Crippen molar-refractivity contribution in [1.82, 2.24) is 10.2 Å². The van der Waals surface area contributed by atoms with Crippen molar-refractivity contribution in [1.29, 1.82) is 0 Å². The van der Waals surface area contributed by atoms with Crippen LogP contribution in [0.5, 0.6) is 5.75 Å². The van der Waals surface area contributed by atoms with E-state index in [1.54, 1.807) is 12.0 Å². The van der Waals surface area contributed by atoms with Gasteiger partial charge in [-0.15, -0.1) is 12.4 Å². The summed E-state index contributed by atoms with van der Waals surface area (Å²) < 4.78 is 36.9. The molecule has 0 radical (unpaired) electrons. The Labute approximate surface area is 146 Å². The minimum atomic E-state index is -0.703. The lowest BCUT2D eigenvalue weighted by Gasteiger charge is -2.32. The lowest BCUT2D eigenvalue weighted by Crippen LogP contribution is -2.45. The zero-order valence-corrected chi connectivity index (χ0v) is 14.4. The van der Waals surface area contributed by atoms with Gasteiger partial charge in [0.05, 0.1) is 13.2 Å². The van der Waals surface area contributed by atoms with Crippen LogP contribution in [0.25, 0.3) is 0 Å². The third-order valence-electron chi connectivity index (χ3n) is 3.74. The smallest absolute Gasteiger partial charge is 0.236 e. The lowest BCUT2D eigenvalue weighted by atomic mass is 10.1. The van der Waals surface area contributed by atoms with Crippen molar-refractivity contribution in [3.63, 3.8) is 0 Å². The SMILES string of the molecule is COCCNCC(=O)N1CCC(Oc2ccc(F)cc2F)CC1.Cl. The maximum atomic E-state index is 13.6. The predicted octanol–water partition coefficient (Wildman–Crippen LogP) is 1.99. The van der Waals surface area contributed by atoms with E-state index in [0.717, 1.165) is 6.07 Å². The highest BCUT2D eigenvalue weighted by atomic mass is 35.5. The van der Waals surface area contributed by atoms with Gasteiger partial charge in [0, 0.05) is 45.7 Å². The normalized spacial score (nSPS) is 15.0. The predicted molar refractivity (Wildman–Crippen MR) is 88.6 cm³/mol. The third-order valence-corrected chi connectivity index (χ3v) is 3.74. The Morgan fingerprint density at radius 3 is 2.67 bits per heavy atom. The summed E-state index contributed by atoms with van der Waals surface area (Å²) in [7, 11) is 1.61. The van der Waals surface area contributed by atoms with Gasteiger partial charge >= 0.3 is 0 Å². The zero-order valence-electron chi connectivity index (χ0n) is 13.6. The highest BCUT2D eigenvalue weighted by Gasteiger charge is 2.24. The van der Waals surface area contributed by atoms with E-state index in [1.165, 1.54) is 12.1 Å². The number of hydrogen-bond acceptors (Lipinski definition) is 4. The molecule has 24 heavy (non-hydrogen) atoms. The van der Waals surface area contributed by atoms with Gasteiger partial charge in [0.2, 0.25) is 5.91 Å². The summed E-state index contributed by atoms with van der Waals surface area (Å²) in [6, 6.07) is 3.27. The van der Waals surface area contributed by atoms with Gasteiger partial charge in [0.15, 0.2) is 11.6 Å². The van der Waals surface area contributed by atoms with Crippen molar-refractivity contribution >= 4 is 18.3 Å². The van der Waals surface area contributed by atoms with Crippen molar-refractivity contribution in [2.24, 2.45) is 0 Å². The second-order valence-corrected chi connectivity index (χ2v) is 5.44. The van der Waals surface area contributed by atoms with E-state index < -0.39 is 11.6 Å². The number of hydrogen-bond donors (Lipinski definition) is 1. The highest BCUT2D eigenvalue weighted by Crippen LogP contribution is 2.22. The minimum Gasteiger partial charge on any atom is -0.487 e. The van der Waals surface area contributed by atoms with Crippen LogP contribution >= 0.6 is 12.4 Å². The molecule has 1 amide bonds. The molecule has 0 aliphatic carbocycles. The first kappa shape index (κ1) is 20.6. The van der Waals surface area contributed by atoms with Gasteiger partial charge in [-0.25, -0.2) is 8.78 Å². The first-order chi connectivity index (χ1) is 11.1.